The summed E-state index contributed by atoms with van der Waals surface area (Å²) in [5, 5.41) is 8.73. The molecule has 1 rings (SSSR count). The quantitative estimate of drug-likeness (QED) is 0.712. The van der Waals surface area contributed by atoms with Crippen LogP contribution >= 0.6 is 11.6 Å². The predicted octanol–water partition coefficient (Wildman–Crippen LogP) is 2.62. The van der Waals surface area contributed by atoms with E-state index in [0.717, 1.165) is 18.7 Å². The number of nitriles is 1. The third kappa shape index (κ3) is 2.93. The van der Waals surface area contributed by atoms with Gasteiger partial charge in [0, 0.05) is 25.2 Å². The van der Waals surface area contributed by atoms with Crippen LogP contribution in [0.25, 0.3) is 0 Å². The van der Waals surface area contributed by atoms with Crippen LogP contribution in [0.1, 0.15) is 12.0 Å². The first-order valence-electron chi connectivity index (χ1n) is 4.55. The molecule has 0 aliphatic heterocycles. The highest BCUT2D eigenvalue weighted by Crippen LogP contribution is 2.14. The molecular weight excluding hydrogens is 196 g/mol. The van der Waals surface area contributed by atoms with Gasteiger partial charge in [0.25, 0.3) is 0 Å². The summed E-state index contributed by atoms with van der Waals surface area (Å²) in [5.41, 5.74) is 1.76. The first kappa shape index (κ1) is 10.9. The second-order valence-corrected chi connectivity index (χ2v) is 3.50. The van der Waals surface area contributed by atoms with Crippen LogP contribution in [0.15, 0.2) is 24.3 Å². The number of rotatable bonds is 4. The van der Waals surface area contributed by atoms with E-state index in [-0.39, 0.29) is 0 Å². The fourth-order valence-corrected chi connectivity index (χ4v) is 1.36. The number of hydrogen-bond acceptors (Lipinski definition) is 2. The summed E-state index contributed by atoms with van der Waals surface area (Å²) in [6.45, 7) is 0.915. The summed E-state index contributed by atoms with van der Waals surface area (Å²) < 4.78 is 0. The summed E-state index contributed by atoms with van der Waals surface area (Å²) >= 11 is 5.61. The average Bonchev–Trinajstić information content (AvgIpc) is 2.26. The van der Waals surface area contributed by atoms with E-state index in [0.29, 0.717) is 11.4 Å². The molecule has 0 saturated carbocycles. The minimum atomic E-state index is 0.669. The molecule has 0 atom stereocenters. The van der Waals surface area contributed by atoms with Gasteiger partial charge in [0.1, 0.15) is 0 Å². The van der Waals surface area contributed by atoms with E-state index >= 15 is 0 Å². The molecule has 0 spiro atoms. The zero-order chi connectivity index (χ0) is 10.4. The van der Waals surface area contributed by atoms with Crippen molar-refractivity contribution < 1.29 is 0 Å². The van der Waals surface area contributed by atoms with E-state index in [1.165, 1.54) is 0 Å². The Morgan fingerprint density at radius 3 is 2.93 bits per heavy atom. The lowest BCUT2D eigenvalue weighted by atomic mass is 10.2. The van der Waals surface area contributed by atoms with Crippen LogP contribution in [0, 0.1) is 11.3 Å². The number of nitrogens with zero attached hydrogens (tertiary/aromatic N) is 2. The Labute approximate surface area is 89.7 Å². The van der Waals surface area contributed by atoms with Crippen LogP contribution in [0.3, 0.4) is 0 Å². The Balaban J connectivity index is 2.70. The molecule has 0 radical (unpaired) electrons. The molecule has 0 amide bonds. The standard InChI is InChI=1S/C11H13ClN2/c1-14(7-3-6-12)11-5-2-4-10(8-11)9-13/h2,4-5,8H,3,6-7H2,1H3. The van der Waals surface area contributed by atoms with Gasteiger partial charge in [-0.15, -0.1) is 11.6 Å². The van der Waals surface area contributed by atoms with Crippen LogP contribution in [0.5, 0.6) is 0 Å². The molecule has 0 N–H and O–H groups in total. The summed E-state index contributed by atoms with van der Waals surface area (Å²) in [6.07, 6.45) is 0.953. The van der Waals surface area contributed by atoms with Crippen molar-refractivity contribution in [2.45, 2.75) is 6.42 Å². The second-order valence-electron chi connectivity index (χ2n) is 3.13. The lowest BCUT2D eigenvalue weighted by molar-refractivity contribution is 0.856. The molecule has 0 aromatic heterocycles. The summed E-state index contributed by atoms with van der Waals surface area (Å²) in [5.74, 6) is 0.669. The lowest BCUT2D eigenvalue weighted by Crippen LogP contribution is -2.18. The number of hydrogen-bond donors (Lipinski definition) is 0. The van der Waals surface area contributed by atoms with Crippen molar-refractivity contribution in [1.29, 1.82) is 5.26 Å². The Morgan fingerprint density at radius 1 is 1.50 bits per heavy atom. The first-order chi connectivity index (χ1) is 6.77. The Hall–Kier alpha value is -1.20. The summed E-state index contributed by atoms with van der Waals surface area (Å²) in [7, 11) is 2.00. The lowest BCUT2D eigenvalue weighted by Gasteiger charge is -2.18. The van der Waals surface area contributed by atoms with Crippen molar-refractivity contribution in [3.8, 4) is 6.07 Å². The molecular formula is C11H13ClN2. The van der Waals surface area contributed by atoms with Gasteiger partial charge in [-0.2, -0.15) is 5.26 Å². The maximum absolute atomic E-state index is 8.73. The number of benzene rings is 1. The molecule has 1 aromatic carbocycles. The third-order valence-electron chi connectivity index (χ3n) is 2.04. The van der Waals surface area contributed by atoms with Gasteiger partial charge in [-0.1, -0.05) is 6.07 Å². The Morgan fingerprint density at radius 2 is 2.29 bits per heavy atom. The minimum Gasteiger partial charge on any atom is -0.375 e. The molecule has 3 heteroatoms. The number of halogens is 1. The van der Waals surface area contributed by atoms with E-state index < -0.39 is 0 Å². The summed E-state index contributed by atoms with van der Waals surface area (Å²) in [4.78, 5) is 2.10. The third-order valence-corrected chi connectivity index (χ3v) is 2.31. The topological polar surface area (TPSA) is 27.0 Å². The van der Waals surface area contributed by atoms with E-state index in [1.807, 2.05) is 25.2 Å². The fourth-order valence-electron chi connectivity index (χ4n) is 1.24. The minimum absolute atomic E-state index is 0.669. The van der Waals surface area contributed by atoms with Crippen LogP contribution in [-0.2, 0) is 0 Å². The van der Waals surface area contributed by atoms with Crippen molar-refractivity contribution >= 4 is 17.3 Å². The fraction of sp³-hybridized carbons (Fsp3) is 0.364. The van der Waals surface area contributed by atoms with Gasteiger partial charge in [-0.05, 0) is 24.6 Å². The Bertz CT molecular complexity index is 330. The highest BCUT2D eigenvalue weighted by atomic mass is 35.5. The maximum Gasteiger partial charge on any atom is 0.0992 e. The van der Waals surface area contributed by atoms with Gasteiger partial charge < -0.3 is 4.90 Å². The van der Waals surface area contributed by atoms with Crippen LogP contribution in [0.4, 0.5) is 5.69 Å². The molecule has 0 saturated heterocycles. The van der Waals surface area contributed by atoms with Crippen molar-refractivity contribution in [3.05, 3.63) is 29.8 Å². The SMILES string of the molecule is CN(CCCCl)c1cccc(C#N)c1. The van der Waals surface area contributed by atoms with E-state index in [9.17, 15) is 0 Å². The smallest absolute Gasteiger partial charge is 0.0992 e. The van der Waals surface area contributed by atoms with E-state index in [1.54, 1.807) is 6.07 Å². The molecule has 2 nitrogen and oxygen atoms in total. The largest absolute Gasteiger partial charge is 0.375 e. The average molecular weight is 209 g/mol. The molecule has 0 heterocycles. The van der Waals surface area contributed by atoms with Gasteiger partial charge in [0.05, 0.1) is 11.6 Å². The monoisotopic (exact) mass is 208 g/mol. The molecule has 74 valence electrons. The van der Waals surface area contributed by atoms with Crippen molar-refractivity contribution in [2.24, 2.45) is 0 Å². The zero-order valence-corrected chi connectivity index (χ0v) is 8.96. The number of anilines is 1. The molecule has 0 aliphatic rings. The predicted molar refractivity (Wildman–Crippen MR) is 59.8 cm³/mol. The molecule has 0 unspecified atom stereocenters. The number of alkyl halides is 1. The molecule has 14 heavy (non-hydrogen) atoms. The van der Waals surface area contributed by atoms with Gasteiger partial charge >= 0.3 is 0 Å². The molecule has 0 fully saturated rings. The maximum atomic E-state index is 8.73. The molecule has 0 bridgehead atoms. The molecule has 1 aromatic rings. The van der Waals surface area contributed by atoms with Gasteiger partial charge in [0.15, 0.2) is 0 Å². The summed E-state index contributed by atoms with van der Waals surface area (Å²) in [6, 6.07) is 9.70. The van der Waals surface area contributed by atoms with Crippen molar-refractivity contribution in [1.82, 2.24) is 0 Å². The first-order valence-corrected chi connectivity index (χ1v) is 5.08. The van der Waals surface area contributed by atoms with Gasteiger partial charge in [-0.3, -0.25) is 0 Å². The normalized spacial score (nSPS) is 9.50. The second kappa shape index (κ2) is 5.51. The molecule has 0 aliphatic carbocycles. The van der Waals surface area contributed by atoms with Crippen molar-refractivity contribution in [3.63, 3.8) is 0 Å². The van der Waals surface area contributed by atoms with Crippen molar-refractivity contribution in [2.75, 3.05) is 24.4 Å². The van der Waals surface area contributed by atoms with Crippen LogP contribution < -0.4 is 4.90 Å². The van der Waals surface area contributed by atoms with E-state index in [4.69, 9.17) is 16.9 Å². The highest BCUT2D eigenvalue weighted by molar-refractivity contribution is 6.17. The highest BCUT2D eigenvalue weighted by Gasteiger charge is 2.00. The van der Waals surface area contributed by atoms with Gasteiger partial charge in [-0.25, -0.2) is 0 Å². The van der Waals surface area contributed by atoms with Crippen LogP contribution in [0.2, 0.25) is 0 Å². The zero-order valence-electron chi connectivity index (χ0n) is 8.20. The Kier molecular flexibility index (Phi) is 4.28. The van der Waals surface area contributed by atoms with Gasteiger partial charge in [0.2, 0.25) is 0 Å². The van der Waals surface area contributed by atoms with Crippen LogP contribution in [-0.4, -0.2) is 19.5 Å². The van der Waals surface area contributed by atoms with E-state index in [2.05, 4.69) is 11.0 Å².